The summed E-state index contributed by atoms with van der Waals surface area (Å²) in [6.07, 6.45) is 6.73. The normalized spacial score (nSPS) is 38.6. The van der Waals surface area contributed by atoms with Crippen molar-refractivity contribution >= 4 is 0 Å². The van der Waals surface area contributed by atoms with Gasteiger partial charge in [-0.15, -0.1) is 0 Å². The maximum atomic E-state index is 5.27. The van der Waals surface area contributed by atoms with Gasteiger partial charge in [-0.1, -0.05) is 6.92 Å². The molecule has 2 rings (SSSR count). The molecule has 0 amide bonds. The number of allylic oxidation sites excluding steroid dienone is 1. The monoisotopic (exact) mass is 124 g/mol. The first kappa shape index (κ1) is 5.33. The molecule has 0 radical (unpaired) electrons. The summed E-state index contributed by atoms with van der Waals surface area (Å²) in [5.74, 6) is 2.09. The fourth-order valence-corrected chi connectivity index (χ4v) is 1.48. The smallest absolute Gasteiger partial charge is 0.155 e. The second-order valence-corrected chi connectivity index (χ2v) is 2.92. The van der Waals surface area contributed by atoms with E-state index in [4.69, 9.17) is 4.74 Å². The molecule has 50 valence electrons. The Balaban J connectivity index is 2.05. The van der Waals surface area contributed by atoms with E-state index in [0.29, 0.717) is 6.10 Å². The lowest BCUT2D eigenvalue weighted by Gasteiger charge is -2.08. The molecule has 2 unspecified atom stereocenters. The van der Waals surface area contributed by atoms with Crippen molar-refractivity contribution in [2.45, 2.75) is 32.3 Å². The van der Waals surface area contributed by atoms with Crippen LogP contribution in [0.25, 0.3) is 0 Å². The Labute approximate surface area is 55.7 Å². The molecular weight excluding hydrogens is 112 g/mol. The summed E-state index contributed by atoms with van der Waals surface area (Å²) in [6.45, 7) is 2.24. The third kappa shape index (κ3) is 0.846. The van der Waals surface area contributed by atoms with Crippen LogP contribution in [0.1, 0.15) is 26.2 Å². The maximum absolute atomic E-state index is 5.27. The van der Waals surface area contributed by atoms with Crippen LogP contribution in [-0.4, -0.2) is 6.10 Å². The van der Waals surface area contributed by atoms with E-state index in [1.807, 2.05) is 0 Å². The minimum atomic E-state index is 0.549. The number of fused-ring (bicyclic) bond motifs is 1. The molecule has 1 aliphatic heterocycles. The summed E-state index contributed by atoms with van der Waals surface area (Å²) in [5.41, 5.74) is 0. The van der Waals surface area contributed by atoms with Crippen LogP contribution in [0, 0.1) is 5.92 Å². The molecule has 0 saturated carbocycles. The lowest BCUT2D eigenvalue weighted by atomic mass is 9.94. The highest BCUT2D eigenvalue weighted by atomic mass is 16.6. The number of hydrogen-bond donors (Lipinski definition) is 0. The van der Waals surface area contributed by atoms with Crippen molar-refractivity contribution < 1.29 is 4.74 Å². The Bertz CT molecular complexity index is 149. The van der Waals surface area contributed by atoms with E-state index in [1.54, 1.807) is 0 Å². The van der Waals surface area contributed by atoms with E-state index >= 15 is 0 Å². The largest absolute Gasteiger partial charge is 0.483 e. The highest BCUT2D eigenvalue weighted by molar-refractivity contribution is 5.18. The molecular formula is C8H12O. The Hall–Kier alpha value is -0.460. The summed E-state index contributed by atoms with van der Waals surface area (Å²) in [6, 6.07) is 0. The number of ether oxygens (including phenoxy) is 1. The van der Waals surface area contributed by atoms with Crippen LogP contribution < -0.4 is 0 Å². The first-order valence-electron chi connectivity index (χ1n) is 3.78. The Kier molecular flexibility index (Phi) is 1.04. The van der Waals surface area contributed by atoms with Crippen LogP contribution in [0.5, 0.6) is 0 Å². The number of epoxide rings is 1. The van der Waals surface area contributed by atoms with Gasteiger partial charge < -0.3 is 4.74 Å². The first-order chi connectivity index (χ1) is 4.40. The molecule has 2 atom stereocenters. The minimum absolute atomic E-state index is 0.549. The van der Waals surface area contributed by atoms with E-state index in [9.17, 15) is 0 Å². The summed E-state index contributed by atoms with van der Waals surface area (Å²) < 4.78 is 5.27. The van der Waals surface area contributed by atoms with Crippen molar-refractivity contribution in [2.75, 3.05) is 0 Å². The summed E-state index contributed by atoms with van der Waals surface area (Å²) in [7, 11) is 0. The number of hydrogen-bond acceptors (Lipinski definition) is 1. The van der Waals surface area contributed by atoms with Crippen LogP contribution in [0.3, 0.4) is 0 Å². The van der Waals surface area contributed by atoms with Gasteiger partial charge in [0.2, 0.25) is 0 Å². The Morgan fingerprint density at radius 2 is 2.56 bits per heavy atom. The van der Waals surface area contributed by atoms with Crippen LogP contribution in [-0.2, 0) is 4.74 Å². The molecule has 1 heterocycles. The van der Waals surface area contributed by atoms with Crippen LogP contribution in [0.4, 0.5) is 0 Å². The molecule has 0 N–H and O–H groups in total. The molecule has 0 aromatic heterocycles. The van der Waals surface area contributed by atoms with Gasteiger partial charge in [0.1, 0.15) is 5.76 Å². The molecule has 1 heteroatoms. The van der Waals surface area contributed by atoms with Gasteiger partial charge in [-0.25, -0.2) is 0 Å². The highest BCUT2D eigenvalue weighted by Gasteiger charge is 2.36. The van der Waals surface area contributed by atoms with Crippen molar-refractivity contribution in [3.05, 3.63) is 11.8 Å². The van der Waals surface area contributed by atoms with Crippen molar-refractivity contribution in [3.8, 4) is 0 Å². The van der Waals surface area contributed by atoms with E-state index in [2.05, 4.69) is 13.0 Å². The molecule has 0 spiro atoms. The summed E-state index contributed by atoms with van der Waals surface area (Å²) >= 11 is 0. The standard InChI is InChI=1S/C8H12O/c1-2-6-3-4-7-8(5-6)9-7/h5-7H,2-4H2,1H3. The molecule has 0 aromatic carbocycles. The molecule has 0 bridgehead atoms. The number of rotatable bonds is 1. The van der Waals surface area contributed by atoms with Gasteiger partial charge in [0.25, 0.3) is 0 Å². The molecule has 1 saturated heterocycles. The molecule has 9 heavy (non-hydrogen) atoms. The second kappa shape index (κ2) is 1.76. The van der Waals surface area contributed by atoms with Crippen LogP contribution in [0.2, 0.25) is 0 Å². The van der Waals surface area contributed by atoms with Gasteiger partial charge in [0, 0.05) is 0 Å². The topological polar surface area (TPSA) is 12.5 Å². The maximum Gasteiger partial charge on any atom is 0.155 e. The second-order valence-electron chi connectivity index (χ2n) is 2.92. The average Bonchev–Trinajstić information content (AvgIpc) is 2.64. The zero-order chi connectivity index (χ0) is 6.27. The molecule has 1 fully saturated rings. The molecule has 1 nitrogen and oxygen atoms in total. The van der Waals surface area contributed by atoms with Gasteiger partial charge in [0.05, 0.1) is 0 Å². The zero-order valence-electron chi connectivity index (χ0n) is 5.76. The van der Waals surface area contributed by atoms with Crippen molar-refractivity contribution in [1.82, 2.24) is 0 Å². The van der Waals surface area contributed by atoms with Gasteiger partial charge in [0.15, 0.2) is 6.10 Å². The quantitative estimate of drug-likeness (QED) is 0.487. The zero-order valence-corrected chi connectivity index (χ0v) is 5.76. The predicted octanol–water partition coefficient (Wildman–Crippen LogP) is 2.09. The average molecular weight is 124 g/mol. The highest BCUT2D eigenvalue weighted by Crippen LogP contribution is 2.39. The Morgan fingerprint density at radius 1 is 1.67 bits per heavy atom. The minimum Gasteiger partial charge on any atom is -0.483 e. The van der Waals surface area contributed by atoms with Gasteiger partial charge in [-0.2, -0.15) is 0 Å². The Morgan fingerprint density at radius 3 is 3.22 bits per heavy atom. The first-order valence-corrected chi connectivity index (χ1v) is 3.78. The molecule has 2 aliphatic rings. The van der Waals surface area contributed by atoms with Crippen LogP contribution >= 0.6 is 0 Å². The van der Waals surface area contributed by atoms with Crippen LogP contribution in [0.15, 0.2) is 11.8 Å². The third-order valence-corrected chi connectivity index (χ3v) is 2.26. The fourth-order valence-electron chi connectivity index (χ4n) is 1.48. The fraction of sp³-hybridized carbons (Fsp3) is 0.750. The lowest BCUT2D eigenvalue weighted by molar-refractivity contribution is 0.401. The summed E-state index contributed by atoms with van der Waals surface area (Å²) in [5, 5.41) is 0. The predicted molar refractivity (Wildman–Crippen MR) is 36.0 cm³/mol. The molecule has 1 aliphatic carbocycles. The third-order valence-electron chi connectivity index (χ3n) is 2.26. The van der Waals surface area contributed by atoms with E-state index in [-0.39, 0.29) is 0 Å². The SMILES string of the molecule is CCC1C=C2OC2CC1. The lowest BCUT2D eigenvalue weighted by Crippen LogP contribution is -2.01. The van der Waals surface area contributed by atoms with E-state index in [0.717, 1.165) is 5.92 Å². The summed E-state index contributed by atoms with van der Waals surface area (Å²) in [4.78, 5) is 0. The van der Waals surface area contributed by atoms with Gasteiger partial charge >= 0.3 is 0 Å². The van der Waals surface area contributed by atoms with E-state index in [1.165, 1.54) is 25.0 Å². The van der Waals surface area contributed by atoms with Crippen molar-refractivity contribution in [3.63, 3.8) is 0 Å². The molecule has 0 aromatic rings. The van der Waals surface area contributed by atoms with Crippen molar-refractivity contribution in [1.29, 1.82) is 0 Å². The van der Waals surface area contributed by atoms with Crippen molar-refractivity contribution in [2.24, 2.45) is 5.92 Å². The van der Waals surface area contributed by atoms with E-state index < -0.39 is 0 Å². The van der Waals surface area contributed by atoms with Gasteiger partial charge in [-0.05, 0) is 31.3 Å². The van der Waals surface area contributed by atoms with Gasteiger partial charge in [-0.3, -0.25) is 0 Å².